The van der Waals surface area contributed by atoms with Crippen molar-refractivity contribution < 1.29 is 14.3 Å². The molecule has 0 heterocycles. The van der Waals surface area contributed by atoms with Crippen molar-refractivity contribution >= 4 is 5.97 Å². The molecule has 12 heavy (non-hydrogen) atoms. The summed E-state index contributed by atoms with van der Waals surface area (Å²) in [7, 11) is 0. The number of carbonyl (C=O) groups is 1. The Morgan fingerprint density at radius 3 is 2.75 bits per heavy atom. The van der Waals surface area contributed by atoms with Crippen LogP contribution in [0.2, 0.25) is 0 Å². The van der Waals surface area contributed by atoms with Crippen molar-refractivity contribution in [3.05, 3.63) is 35.1 Å². The van der Waals surface area contributed by atoms with Crippen LogP contribution in [-0.2, 0) is 0 Å². The van der Waals surface area contributed by atoms with Gasteiger partial charge in [-0.05, 0) is 18.2 Å². The molecule has 0 radical (unpaired) electrons. The van der Waals surface area contributed by atoms with Crippen molar-refractivity contribution in [2.24, 2.45) is 0 Å². The van der Waals surface area contributed by atoms with Gasteiger partial charge < -0.3 is 5.11 Å². The third-order valence-corrected chi connectivity index (χ3v) is 1.33. The predicted molar refractivity (Wildman–Crippen MR) is 38.1 cm³/mol. The van der Waals surface area contributed by atoms with E-state index in [0.29, 0.717) is 0 Å². The third-order valence-electron chi connectivity index (χ3n) is 1.33. The van der Waals surface area contributed by atoms with Crippen molar-refractivity contribution in [1.82, 2.24) is 0 Å². The molecule has 3 nitrogen and oxygen atoms in total. The number of nitrogens with zero attached hydrogens (tertiary/aromatic N) is 1. The highest BCUT2D eigenvalue weighted by Crippen LogP contribution is 2.09. The van der Waals surface area contributed by atoms with Gasteiger partial charge in [0.1, 0.15) is 11.9 Å². The number of nitriles is 1. The molecule has 0 aliphatic heterocycles. The molecule has 0 saturated heterocycles. The van der Waals surface area contributed by atoms with Crippen molar-refractivity contribution in [3.63, 3.8) is 0 Å². The van der Waals surface area contributed by atoms with Gasteiger partial charge in [-0.1, -0.05) is 0 Å². The fourth-order valence-electron chi connectivity index (χ4n) is 0.795. The monoisotopic (exact) mass is 165 g/mol. The summed E-state index contributed by atoms with van der Waals surface area (Å²) in [6, 6.07) is 4.56. The van der Waals surface area contributed by atoms with Gasteiger partial charge in [-0.3, -0.25) is 0 Å². The number of carboxylic acid groups (broad SMARTS) is 1. The van der Waals surface area contributed by atoms with Gasteiger partial charge in [0, 0.05) is 0 Å². The van der Waals surface area contributed by atoms with E-state index in [1.54, 1.807) is 6.07 Å². The molecule has 60 valence electrons. The first-order valence-electron chi connectivity index (χ1n) is 3.08. The van der Waals surface area contributed by atoms with Gasteiger partial charge in [0.05, 0.1) is 11.1 Å². The van der Waals surface area contributed by atoms with E-state index in [1.807, 2.05) is 0 Å². The summed E-state index contributed by atoms with van der Waals surface area (Å²) in [5.41, 5.74) is -0.346. The van der Waals surface area contributed by atoms with Crippen molar-refractivity contribution in [1.29, 1.82) is 5.26 Å². The van der Waals surface area contributed by atoms with E-state index < -0.39 is 11.8 Å². The van der Waals surface area contributed by atoms with Crippen LogP contribution in [0.5, 0.6) is 0 Å². The summed E-state index contributed by atoms with van der Waals surface area (Å²) in [6.45, 7) is 0. The topological polar surface area (TPSA) is 61.1 Å². The van der Waals surface area contributed by atoms with Gasteiger partial charge in [-0.2, -0.15) is 5.26 Å². The first-order valence-corrected chi connectivity index (χ1v) is 3.08. The van der Waals surface area contributed by atoms with Crippen LogP contribution in [0.25, 0.3) is 0 Å². The molecule has 0 unspecified atom stereocenters. The normalized spacial score (nSPS) is 9.00. The SMILES string of the molecule is N#Cc1cc(F)ccc1C(=O)O. The first-order chi connectivity index (χ1) is 5.65. The summed E-state index contributed by atoms with van der Waals surface area (Å²) in [5, 5.41) is 16.9. The average Bonchev–Trinajstić information content (AvgIpc) is 2.03. The Kier molecular flexibility index (Phi) is 2.06. The number of benzene rings is 1. The van der Waals surface area contributed by atoms with Gasteiger partial charge >= 0.3 is 5.97 Å². The van der Waals surface area contributed by atoms with Crippen LogP contribution in [0.15, 0.2) is 18.2 Å². The molecule has 0 aromatic heterocycles. The predicted octanol–water partition coefficient (Wildman–Crippen LogP) is 1.40. The van der Waals surface area contributed by atoms with Crippen molar-refractivity contribution in [2.75, 3.05) is 0 Å². The largest absolute Gasteiger partial charge is 0.478 e. The van der Waals surface area contributed by atoms with E-state index in [0.717, 1.165) is 18.2 Å². The average molecular weight is 165 g/mol. The molecule has 4 heteroatoms. The molecule has 0 amide bonds. The third kappa shape index (κ3) is 1.40. The Morgan fingerprint density at radius 1 is 1.58 bits per heavy atom. The Balaban J connectivity index is 3.32. The van der Waals surface area contributed by atoms with Gasteiger partial charge in [0.2, 0.25) is 0 Å². The number of hydrogen-bond donors (Lipinski definition) is 1. The maximum atomic E-state index is 12.5. The summed E-state index contributed by atoms with van der Waals surface area (Å²) >= 11 is 0. The Hall–Kier alpha value is -1.89. The molecule has 0 aliphatic rings. The van der Waals surface area contributed by atoms with E-state index in [1.165, 1.54) is 0 Å². The number of aromatic carboxylic acids is 1. The molecule has 1 rings (SSSR count). The van der Waals surface area contributed by atoms with E-state index in [-0.39, 0.29) is 11.1 Å². The van der Waals surface area contributed by atoms with Gasteiger partial charge in [-0.25, -0.2) is 9.18 Å². The van der Waals surface area contributed by atoms with Crippen LogP contribution in [0.1, 0.15) is 15.9 Å². The number of hydrogen-bond acceptors (Lipinski definition) is 2. The smallest absolute Gasteiger partial charge is 0.337 e. The second-order valence-corrected chi connectivity index (χ2v) is 2.11. The van der Waals surface area contributed by atoms with Crippen LogP contribution in [0.3, 0.4) is 0 Å². The molecular weight excluding hydrogens is 161 g/mol. The molecule has 0 saturated carbocycles. The van der Waals surface area contributed by atoms with E-state index in [2.05, 4.69) is 0 Å². The van der Waals surface area contributed by atoms with Gasteiger partial charge in [-0.15, -0.1) is 0 Å². The number of carboxylic acids is 1. The van der Waals surface area contributed by atoms with Crippen LogP contribution in [-0.4, -0.2) is 11.1 Å². The zero-order chi connectivity index (χ0) is 9.14. The Morgan fingerprint density at radius 2 is 2.25 bits per heavy atom. The molecular formula is C8H4FNO2. The van der Waals surface area contributed by atoms with Gasteiger partial charge in [0.25, 0.3) is 0 Å². The fourth-order valence-corrected chi connectivity index (χ4v) is 0.795. The highest BCUT2D eigenvalue weighted by Gasteiger charge is 2.09. The second-order valence-electron chi connectivity index (χ2n) is 2.11. The van der Waals surface area contributed by atoms with Crippen molar-refractivity contribution in [2.45, 2.75) is 0 Å². The minimum Gasteiger partial charge on any atom is -0.478 e. The molecule has 0 spiro atoms. The van der Waals surface area contributed by atoms with Crippen molar-refractivity contribution in [3.8, 4) is 6.07 Å². The molecule has 1 N–H and O–H groups in total. The highest BCUT2D eigenvalue weighted by molar-refractivity contribution is 5.90. The summed E-state index contributed by atoms with van der Waals surface area (Å²) in [5.74, 6) is -1.84. The minimum absolute atomic E-state index is 0.164. The van der Waals surface area contributed by atoms with E-state index in [4.69, 9.17) is 10.4 Å². The standard InChI is InChI=1S/C8H4FNO2/c9-6-1-2-7(8(11)12)5(3-6)4-10/h1-3H,(H,11,12). The fraction of sp³-hybridized carbons (Fsp3) is 0. The number of rotatable bonds is 1. The van der Waals surface area contributed by atoms with Crippen LogP contribution in [0.4, 0.5) is 4.39 Å². The summed E-state index contributed by atoms with van der Waals surface area (Å²) in [6.07, 6.45) is 0. The lowest BCUT2D eigenvalue weighted by atomic mass is 10.1. The molecule has 0 bridgehead atoms. The maximum Gasteiger partial charge on any atom is 0.337 e. The zero-order valence-corrected chi connectivity index (χ0v) is 5.91. The zero-order valence-electron chi connectivity index (χ0n) is 5.91. The van der Waals surface area contributed by atoms with Crippen LogP contribution < -0.4 is 0 Å². The molecule has 0 aliphatic carbocycles. The number of halogens is 1. The molecule has 0 fully saturated rings. The highest BCUT2D eigenvalue weighted by atomic mass is 19.1. The lowest BCUT2D eigenvalue weighted by Crippen LogP contribution is -2.00. The lowest BCUT2D eigenvalue weighted by Gasteiger charge is -1.96. The Labute approximate surface area is 67.7 Å². The first kappa shape index (κ1) is 8.21. The molecule has 1 aromatic carbocycles. The Bertz CT molecular complexity index is 368. The minimum atomic E-state index is -1.23. The second kappa shape index (κ2) is 3.01. The summed E-state index contributed by atoms with van der Waals surface area (Å²) < 4.78 is 12.5. The summed E-state index contributed by atoms with van der Waals surface area (Å²) in [4.78, 5) is 10.4. The van der Waals surface area contributed by atoms with Crippen LogP contribution >= 0.6 is 0 Å². The molecule has 1 aromatic rings. The van der Waals surface area contributed by atoms with Gasteiger partial charge in [0.15, 0.2) is 0 Å². The molecule has 0 atom stereocenters. The maximum absolute atomic E-state index is 12.5. The quantitative estimate of drug-likeness (QED) is 0.684. The van der Waals surface area contributed by atoms with E-state index in [9.17, 15) is 9.18 Å². The van der Waals surface area contributed by atoms with E-state index >= 15 is 0 Å². The lowest BCUT2D eigenvalue weighted by molar-refractivity contribution is 0.0696. The van der Waals surface area contributed by atoms with Crippen LogP contribution in [0, 0.1) is 17.1 Å².